The molecular formula is C26H38ClN3O2. The van der Waals surface area contributed by atoms with Crippen molar-refractivity contribution in [2.24, 2.45) is 11.3 Å². The first-order valence-electron chi connectivity index (χ1n) is 11.3. The minimum absolute atomic E-state index is 0.0172. The van der Waals surface area contributed by atoms with Crippen LogP contribution in [0.15, 0.2) is 43.0 Å². The number of fused-ring (bicyclic) bond motifs is 2. The summed E-state index contributed by atoms with van der Waals surface area (Å²) in [5.41, 5.74) is 0.790. The van der Waals surface area contributed by atoms with E-state index in [0.29, 0.717) is 5.02 Å². The Morgan fingerprint density at radius 3 is 2.44 bits per heavy atom. The second kappa shape index (κ2) is 10.2. The summed E-state index contributed by atoms with van der Waals surface area (Å²) >= 11 is 6.19. The number of carbonyl (C=O) groups is 2. The highest BCUT2D eigenvalue weighted by molar-refractivity contribution is 6.31. The van der Waals surface area contributed by atoms with Crippen molar-refractivity contribution in [3.05, 3.63) is 53.6 Å². The topological polar surface area (TPSA) is 61.4 Å². The molecule has 5 nitrogen and oxygen atoms in total. The van der Waals surface area contributed by atoms with Gasteiger partial charge in [-0.1, -0.05) is 63.6 Å². The molecular weight excluding hydrogens is 422 g/mol. The van der Waals surface area contributed by atoms with Gasteiger partial charge in [-0.05, 0) is 42.9 Å². The Hall–Kier alpha value is -2.11. The third-order valence-corrected chi connectivity index (χ3v) is 6.31. The fourth-order valence-electron chi connectivity index (χ4n) is 4.76. The lowest BCUT2D eigenvalue weighted by Crippen LogP contribution is -2.50. The molecule has 2 heterocycles. The molecule has 1 fully saturated rings. The van der Waals surface area contributed by atoms with E-state index >= 15 is 0 Å². The van der Waals surface area contributed by atoms with Gasteiger partial charge in [-0.15, -0.1) is 6.58 Å². The highest BCUT2D eigenvalue weighted by Crippen LogP contribution is 2.53. The van der Waals surface area contributed by atoms with Gasteiger partial charge < -0.3 is 15.5 Å². The minimum atomic E-state index is -0.851. The van der Waals surface area contributed by atoms with Gasteiger partial charge >= 0.3 is 0 Å². The van der Waals surface area contributed by atoms with E-state index in [2.05, 4.69) is 44.9 Å². The molecule has 0 unspecified atom stereocenters. The number of nitrogens with one attached hydrogen (secondary N) is 2. The number of hydrogen-bond donors (Lipinski definition) is 2. The zero-order chi connectivity index (χ0) is 24.3. The van der Waals surface area contributed by atoms with Crippen molar-refractivity contribution in [2.45, 2.75) is 65.0 Å². The molecule has 6 heteroatoms. The van der Waals surface area contributed by atoms with Crippen LogP contribution in [0.1, 0.15) is 53.0 Å². The summed E-state index contributed by atoms with van der Waals surface area (Å²) in [6.07, 6.45) is 7.66. The molecule has 2 amide bonds. The predicted molar refractivity (Wildman–Crippen MR) is 134 cm³/mol. The Balaban J connectivity index is 0.000000837. The molecule has 176 valence electrons. The Morgan fingerprint density at radius 2 is 1.94 bits per heavy atom. The van der Waals surface area contributed by atoms with Crippen molar-refractivity contribution in [3.8, 4) is 0 Å². The van der Waals surface area contributed by atoms with Crippen molar-refractivity contribution < 1.29 is 9.59 Å². The first-order chi connectivity index (χ1) is 14.9. The molecule has 0 bridgehead atoms. The standard InChI is InChI=1S/C22H30ClN3O2.C4H8/c1-7-8-15-18(19(27)26(5)6)25-17(12-21(2,3)4)22(15)14-10-9-13(23)11-16(14)24-20(22)28;1-3-4-2/h7-11,15,17-18,25H,12H2,1-6H3,(H,24,28);3H,1,4H2,2H3/b8-7+;/t15-,17+,18+,22+;/m0./s1. The Labute approximate surface area is 198 Å². The van der Waals surface area contributed by atoms with E-state index < -0.39 is 11.5 Å². The molecule has 0 aliphatic carbocycles. The van der Waals surface area contributed by atoms with Gasteiger partial charge in [0, 0.05) is 36.8 Å². The SMILES string of the molecule is C/C=C/[C@H]1[C@H](C(=O)N(C)C)N[C@H](CC(C)(C)C)[C@]12C(=O)Nc1cc(Cl)ccc12.C=CCC. The number of rotatable bonds is 4. The van der Waals surface area contributed by atoms with E-state index in [0.717, 1.165) is 24.1 Å². The van der Waals surface area contributed by atoms with Crippen LogP contribution in [0.4, 0.5) is 5.69 Å². The Kier molecular flexibility index (Phi) is 8.35. The van der Waals surface area contributed by atoms with Gasteiger partial charge in [-0.3, -0.25) is 9.59 Å². The van der Waals surface area contributed by atoms with Gasteiger partial charge in [0.05, 0.1) is 11.5 Å². The first kappa shape index (κ1) is 26.1. The molecule has 0 aromatic heterocycles. The maximum absolute atomic E-state index is 13.5. The summed E-state index contributed by atoms with van der Waals surface area (Å²) in [6.45, 7) is 13.9. The maximum atomic E-state index is 13.5. The van der Waals surface area contributed by atoms with E-state index in [-0.39, 0.29) is 29.2 Å². The molecule has 0 saturated carbocycles. The fourth-order valence-corrected chi connectivity index (χ4v) is 4.93. The number of carbonyl (C=O) groups excluding carboxylic acids is 2. The number of benzene rings is 1. The van der Waals surface area contributed by atoms with Crippen LogP contribution in [-0.2, 0) is 15.0 Å². The molecule has 32 heavy (non-hydrogen) atoms. The average Bonchev–Trinajstić information content (AvgIpc) is 3.16. The first-order valence-corrected chi connectivity index (χ1v) is 11.6. The van der Waals surface area contributed by atoms with Crippen molar-refractivity contribution >= 4 is 29.1 Å². The summed E-state index contributed by atoms with van der Waals surface area (Å²) in [7, 11) is 3.51. The number of likely N-dealkylation sites (N-methyl/N-ethyl adjacent to an activating group) is 1. The van der Waals surface area contributed by atoms with Gasteiger partial charge in [-0.25, -0.2) is 0 Å². The molecule has 1 aromatic rings. The van der Waals surface area contributed by atoms with E-state index in [1.807, 2.05) is 37.3 Å². The Bertz CT molecular complexity index is 888. The second-order valence-corrected chi connectivity index (χ2v) is 10.4. The van der Waals surface area contributed by atoms with Gasteiger partial charge in [-0.2, -0.15) is 0 Å². The van der Waals surface area contributed by atoms with Crippen molar-refractivity contribution in [3.63, 3.8) is 0 Å². The summed E-state index contributed by atoms with van der Waals surface area (Å²) in [6, 6.07) is 4.91. The number of anilines is 1. The molecule has 2 aliphatic heterocycles. The van der Waals surface area contributed by atoms with Crippen molar-refractivity contribution in [1.29, 1.82) is 0 Å². The molecule has 0 radical (unpaired) electrons. The van der Waals surface area contributed by atoms with Crippen LogP contribution in [0.3, 0.4) is 0 Å². The minimum Gasteiger partial charge on any atom is -0.347 e. The van der Waals surface area contributed by atoms with Crippen LogP contribution in [0, 0.1) is 11.3 Å². The summed E-state index contributed by atoms with van der Waals surface area (Å²) in [5, 5.41) is 7.17. The number of allylic oxidation sites excluding steroid dienone is 2. The number of amides is 2. The summed E-state index contributed by atoms with van der Waals surface area (Å²) in [5.74, 6) is -0.375. The van der Waals surface area contributed by atoms with E-state index in [9.17, 15) is 9.59 Å². The lowest BCUT2D eigenvalue weighted by atomic mass is 9.64. The van der Waals surface area contributed by atoms with Crippen molar-refractivity contribution in [1.82, 2.24) is 10.2 Å². The highest BCUT2D eigenvalue weighted by Gasteiger charge is 2.64. The van der Waals surface area contributed by atoms with E-state index in [4.69, 9.17) is 11.6 Å². The second-order valence-electron chi connectivity index (χ2n) is 9.96. The van der Waals surface area contributed by atoms with Crippen LogP contribution in [0.2, 0.25) is 5.02 Å². The Morgan fingerprint density at radius 1 is 1.31 bits per heavy atom. The van der Waals surface area contributed by atoms with Crippen LogP contribution in [0.25, 0.3) is 0 Å². The predicted octanol–water partition coefficient (Wildman–Crippen LogP) is 5.17. The van der Waals surface area contributed by atoms with Gasteiger partial charge in [0.2, 0.25) is 11.8 Å². The van der Waals surface area contributed by atoms with Crippen LogP contribution < -0.4 is 10.6 Å². The van der Waals surface area contributed by atoms with Gasteiger partial charge in [0.15, 0.2) is 0 Å². The molecule has 1 aromatic carbocycles. The van der Waals surface area contributed by atoms with E-state index in [1.165, 1.54) is 0 Å². The molecule has 3 rings (SSSR count). The summed E-state index contributed by atoms with van der Waals surface area (Å²) < 4.78 is 0. The van der Waals surface area contributed by atoms with Gasteiger partial charge in [0.1, 0.15) is 0 Å². The molecule has 4 atom stereocenters. The quantitative estimate of drug-likeness (QED) is 0.610. The highest BCUT2D eigenvalue weighted by atomic mass is 35.5. The van der Waals surface area contributed by atoms with Crippen molar-refractivity contribution in [2.75, 3.05) is 19.4 Å². The fraction of sp³-hybridized carbons (Fsp3) is 0.538. The monoisotopic (exact) mass is 459 g/mol. The van der Waals surface area contributed by atoms with Crippen LogP contribution in [-0.4, -0.2) is 42.9 Å². The lowest BCUT2D eigenvalue weighted by Gasteiger charge is -2.36. The molecule has 2 aliphatic rings. The third kappa shape index (κ3) is 4.94. The van der Waals surface area contributed by atoms with E-state index in [1.54, 1.807) is 25.1 Å². The zero-order valence-electron chi connectivity index (χ0n) is 20.5. The average molecular weight is 460 g/mol. The number of hydrogen-bond acceptors (Lipinski definition) is 3. The largest absolute Gasteiger partial charge is 0.347 e. The van der Waals surface area contributed by atoms with Crippen LogP contribution in [0.5, 0.6) is 0 Å². The maximum Gasteiger partial charge on any atom is 0.239 e. The third-order valence-electron chi connectivity index (χ3n) is 6.08. The molecule has 2 N–H and O–H groups in total. The summed E-state index contributed by atoms with van der Waals surface area (Å²) in [4.78, 5) is 28.2. The van der Waals surface area contributed by atoms with Crippen LogP contribution >= 0.6 is 11.6 Å². The molecule has 1 saturated heterocycles. The normalized spacial score (nSPS) is 26.5. The lowest BCUT2D eigenvalue weighted by molar-refractivity contribution is -0.131. The number of nitrogens with zero attached hydrogens (tertiary/aromatic N) is 1. The van der Waals surface area contributed by atoms with Gasteiger partial charge in [0.25, 0.3) is 0 Å². The smallest absolute Gasteiger partial charge is 0.239 e. The zero-order valence-corrected chi connectivity index (χ0v) is 21.2. The molecule has 1 spiro atoms. The number of halogens is 1.